The number of carboxylic acid groups (broad SMARTS) is 1. The molecule has 1 aliphatic rings. The lowest BCUT2D eigenvalue weighted by Crippen LogP contribution is -2.30. The number of hydrogen-bond acceptors (Lipinski definition) is 2. The molecule has 0 radical (unpaired) electrons. The summed E-state index contributed by atoms with van der Waals surface area (Å²) in [6, 6.07) is 6.51. The van der Waals surface area contributed by atoms with E-state index in [-0.39, 0.29) is 17.9 Å². The smallest absolute Gasteiger partial charge is 0.335 e. The van der Waals surface area contributed by atoms with E-state index in [9.17, 15) is 9.59 Å². The molecule has 1 unspecified atom stereocenters. The zero-order valence-electron chi connectivity index (χ0n) is 11.3. The molecule has 4 nitrogen and oxygen atoms in total. The van der Waals surface area contributed by atoms with Gasteiger partial charge >= 0.3 is 5.97 Å². The van der Waals surface area contributed by atoms with Crippen molar-refractivity contribution < 1.29 is 14.7 Å². The van der Waals surface area contributed by atoms with Gasteiger partial charge in [-0.1, -0.05) is 24.3 Å². The molecule has 1 aliphatic carbocycles. The molecular weight excluding hydrogens is 254 g/mol. The molecule has 2 N–H and O–H groups in total. The fourth-order valence-corrected chi connectivity index (χ4v) is 2.36. The molecule has 0 saturated heterocycles. The first kappa shape index (κ1) is 14.3. The summed E-state index contributed by atoms with van der Waals surface area (Å²) in [5.41, 5.74) is 0.943. The van der Waals surface area contributed by atoms with Crippen LogP contribution in [0.25, 0.3) is 0 Å². The summed E-state index contributed by atoms with van der Waals surface area (Å²) < 4.78 is 0. The van der Waals surface area contributed by atoms with Crippen molar-refractivity contribution in [3.05, 3.63) is 47.5 Å². The van der Waals surface area contributed by atoms with Crippen LogP contribution in [0, 0.1) is 5.92 Å². The first-order valence-corrected chi connectivity index (χ1v) is 6.89. The highest BCUT2D eigenvalue weighted by molar-refractivity contribution is 5.88. The second kappa shape index (κ2) is 6.89. The van der Waals surface area contributed by atoms with Gasteiger partial charge in [0.1, 0.15) is 0 Å². The Bertz CT molecular complexity index is 522. The van der Waals surface area contributed by atoms with Crippen molar-refractivity contribution in [2.45, 2.75) is 25.7 Å². The minimum absolute atomic E-state index is 0.0536. The Morgan fingerprint density at radius 1 is 1.30 bits per heavy atom. The summed E-state index contributed by atoms with van der Waals surface area (Å²) in [5, 5.41) is 11.8. The monoisotopic (exact) mass is 273 g/mol. The number of rotatable bonds is 5. The number of carbonyl (C=O) groups is 2. The van der Waals surface area contributed by atoms with Gasteiger partial charge in [-0.25, -0.2) is 4.79 Å². The van der Waals surface area contributed by atoms with E-state index in [0.717, 1.165) is 24.8 Å². The number of aromatic carboxylic acids is 1. The highest BCUT2D eigenvalue weighted by atomic mass is 16.4. The largest absolute Gasteiger partial charge is 0.478 e. The van der Waals surface area contributed by atoms with E-state index in [0.29, 0.717) is 12.5 Å². The Balaban J connectivity index is 1.83. The van der Waals surface area contributed by atoms with Gasteiger partial charge in [0.05, 0.1) is 12.0 Å². The van der Waals surface area contributed by atoms with Crippen LogP contribution in [0.2, 0.25) is 0 Å². The highest BCUT2D eigenvalue weighted by Gasteiger charge is 2.12. The second-order valence-corrected chi connectivity index (χ2v) is 5.14. The molecule has 0 fully saturated rings. The van der Waals surface area contributed by atoms with E-state index in [1.54, 1.807) is 18.2 Å². The maximum atomic E-state index is 11.9. The van der Waals surface area contributed by atoms with Crippen LogP contribution in [0.15, 0.2) is 36.4 Å². The summed E-state index contributed by atoms with van der Waals surface area (Å²) in [6.45, 7) is 0.696. The average Bonchev–Trinajstić information content (AvgIpc) is 2.46. The zero-order valence-corrected chi connectivity index (χ0v) is 11.3. The van der Waals surface area contributed by atoms with Gasteiger partial charge < -0.3 is 10.4 Å². The minimum atomic E-state index is -0.971. The quantitative estimate of drug-likeness (QED) is 0.810. The summed E-state index contributed by atoms with van der Waals surface area (Å²) in [4.78, 5) is 22.7. The Morgan fingerprint density at radius 3 is 2.85 bits per heavy atom. The van der Waals surface area contributed by atoms with Crippen molar-refractivity contribution >= 4 is 11.9 Å². The standard InChI is InChI=1S/C16H19NO3/c18-15(17-11-12-5-2-1-3-6-12)10-13-7-4-8-14(9-13)16(19)20/h1-2,4,7-9,12H,3,5-6,10-11H2,(H,17,18)(H,19,20). The maximum absolute atomic E-state index is 11.9. The molecule has 0 aliphatic heterocycles. The van der Waals surface area contributed by atoms with Gasteiger partial charge in [-0.15, -0.1) is 0 Å². The summed E-state index contributed by atoms with van der Waals surface area (Å²) in [7, 11) is 0. The number of nitrogens with one attached hydrogen (secondary N) is 1. The van der Waals surface area contributed by atoms with E-state index in [1.165, 1.54) is 6.07 Å². The number of benzene rings is 1. The maximum Gasteiger partial charge on any atom is 0.335 e. The summed E-state index contributed by atoms with van der Waals surface area (Å²) in [5.74, 6) is -0.502. The van der Waals surface area contributed by atoms with Crippen LogP contribution in [0.1, 0.15) is 35.2 Å². The molecule has 0 heterocycles. The van der Waals surface area contributed by atoms with E-state index in [4.69, 9.17) is 5.11 Å². The topological polar surface area (TPSA) is 66.4 Å². The van der Waals surface area contributed by atoms with Crippen molar-refractivity contribution in [2.24, 2.45) is 5.92 Å². The number of allylic oxidation sites excluding steroid dienone is 2. The van der Waals surface area contributed by atoms with Crippen LogP contribution in [0.5, 0.6) is 0 Å². The van der Waals surface area contributed by atoms with Gasteiger partial charge in [-0.05, 0) is 42.9 Å². The fourth-order valence-electron chi connectivity index (χ4n) is 2.36. The Labute approximate surface area is 118 Å². The summed E-state index contributed by atoms with van der Waals surface area (Å²) >= 11 is 0. The molecule has 106 valence electrons. The van der Waals surface area contributed by atoms with Crippen molar-refractivity contribution in [1.29, 1.82) is 0 Å². The molecule has 2 rings (SSSR count). The fraction of sp³-hybridized carbons (Fsp3) is 0.375. The third-order valence-electron chi connectivity index (χ3n) is 3.50. The highest BCUT2D eigenvalue weighted by Crippen LogP contribution is 2.16. The van der Waals surface area contributed by atoms with Crippen molar-refractivity contribution in [3.63, 3.8) is 0 Å². The number of hydrogen-bond donors (Lipinski definition) is 2. The van der Waals surface area contributed by atoms with Crippen LogP contribution < -0.4 is 5.32 Å². The van der Waals surface area contributed by atoms with Crippen molar-refractivity contribution in [3.8, 4) is 0 Å². The molecule has 0 saturated carbocycles. The number of carboxylic acids is 1. The van der Waals surface area contributed by atoms with Gasteiger partial charge in [0.15, 0.2) is 0 Å². The molecule has 20 heavy (non-hydrogen) atoms. The van der Waals surface area contributed by atoms with E-state index < -0.39 is 5.97 Å². The van der Waals surface area contributed by atoms with E-state index in [1.807, 2.05) is 0 Å². The first-order chi connectivity index (χ1) is 9.65. The van der Waals surface area contributed by atoms with Crippen LogP contribution >= 0.6 is 0 Å². The third-order valence-corrected chi connectivity index (χ3v) is 3.50. The van der Waals surface area contributed by atoms with E-state index >= 15 is 0 Å². The molecule has 1 amide bonds. The molecule has 1 aromatic carbocycles. The minimum Gasteiger partial charge on any atom is -0.478 e. The van der Waals surface area contributed by atoms with Crippen LogP contribution in [0.3, 0.4) is 0 Å². The number of amides is 1. The van der Waals surface area contributed by atoms with Crippen molar-refractivity contribution in [1.82, 2.24) is 5.32 Å². The molecule has 1 atom stereocenters. The van der Waals surface area contributed by atoms with Crippen LogP contribution in [-0.2, 0) is 11.2 Å². The van der Waals surface area contributed by atoms with Gasteiger partial charge in [-0.3, -0.25) is 4.79 Å². The summed E-state index contributed by atoms with van der Waals surface area (Å²) in [6.07, 6.45) is 7.79. The normalized spacial score (nSPS) is 17.7. The molecule has 0 spiro atoms. The molecule has 0 bridgehead atoms. The van der Waals surface area contributed by atoms with Gasteiger partial charge in [0, 0.05) is 6.54 Å². The predicted octanol–water partition coefficient (Wildman–Crippen LogP) is 2.40. The molecular formula is C16H19NO3. The molecule has 0 aromatic heterocycles. The molecule has 4 heteroatoms. The van der Waals surface area contributed by atoms with Gasteiger partial charge in [0.2, 0.25) is 5.91 Å². The predicted molar refractivity (Wildman–Crippen MR) is 76.6 cm³/mol. The average molecular weight is 273 g/mol. The first-order valence-electron chi connectivity index (χ1n) is 6.89. The zero-order chi connectivity index (χ0) is 14.4. The van der Waals surface area contributed by atoms with Gasteiger partial charge in [-0.2, -0.15) is 0 Å². The second-order valence-electron chi connectivity index (χ2n) is 5.14. The van der Waals surface area contributed by atoms with Crippen LogP contribution in [-0.4, -0.2) is 23.5 Å². The molecule has 1 aromatic rings. The number of carbonyl (C=O) groups excluding carboxylic acids is 1. The Hall–Kier alpha value is -2.10. The van der Waals surface area contributed by atoms with Gasteiger partial charge in [0.25, 0.3) is 0 Å². The lowest BCUT2D eigenvalue weighted by atomic mass is 9.94. The SMILES string of the molecule is O=C(Cc1cccc(C(=O)O)c1)NCC1CC=CCC1. The van der Waals surface area contributed by atoms with Crippen molar-refractivity contribution in [2.75, 3.05) is 6.54 Å². The van der Waals surface area contributed by atoms with E-state index in [2.05, 4.69) is 17.5 Å². The van der Waals surface area contributed by atoms with Crippen LogP contribution in [0.4, 0.5) is 0 Å². The Kier molecular flexibility index (Phi) is 4.93. The Morgan fingerprint density at radius 2 is 2.15 bits per heavy atom. The lowest BCUT2D eigenvalue weighted by Gasteiger charge is -2.18. The third kappa shape index (κ3) is 4.23. The lowest BCUT2D eigenvalue weighted by molar-refractivity contribution is -0.120.